The quantitative estimate of drug-likeness (QED) is 0.885. The van der Waals surface area contributed by atoms with E-state index in [2.05, 4.69) is 0 Å². The molecule has 1 heterocycles. The Bertz CT molecular complexity index is 518. The number of likely N-dealkylation sites (tertiary alicyclic amines) is 1. The van der Waals surface area contributed by atoms with Crippen LogP contribution in [0.5, 0.6) is 0 Å². The van der Waals surface area contributed by atoms with Crippen molar-refractivity contribution in [1.29, 1.82) is 0 Å². The molecule has 0 spiro atoms. The summed E-state index contributed by atoms with van der Waals surface area (Å²) in [6, 6.07) is 8.32. The molecule has 1 amide bonds. The first kappa shape index (κ1) is 12.9. The molecule has 6 heteroatoms. The molecule has 0 bridgehead atoms. The molecule has 1 aliphatic heterocycles. The Kier molecular flexibility index (Phi) is 3.56. The first-order valence-electron chi connectivity index (χ1n) is 5.78. The van der Waals surface area contributed by atoms with Crippen LogP contribution < -0.4 is 0 Å². The lowest BCUT2D eigenvalue weighted by atomic mass is 10.1. The van der Waals surface area contributed by atoms with E-state index in [1.165, 1.54) is 4.90 Å². The van der Waals surface area contributed by atoms with Crippen LogP contribution in [0.1, 0.15) is 12.8 Å². The molecule has 1 fully saturated rings. The summed E-state index contributed by atoms with van der Waals surface area (Å²) >= 11 is 0. The smallest absolute Gasteiger partial charge is 0.407 e. The van der Waals surface area contributed by atoms with E-state index in [9.17, 15) is 13.2 Å². The zero-order valence-corrected chi connectivity index (χ0v) is 10.6. The number of hydrogen-bond donors (Lipinski definition) is 1. The van der Waals surface area contributed by atoms with Gasteiger partial charge in [0.25, 0.3) is 0 Å². The van der Waals surface area contributed by atoms with Crippen LogP contribution in [-0.4, -0.2) is 42.9 Å². The topological polar surface area (TPSA) is 74.7 Å². The Hall–Kier alpha value is -1.56. The second-order valence-electron chi connectivity index (χ2n) is 4.33. The van der Waals surface area contributed by atoms with Crippen molar-refractivity contribution in [2.45, 2.75) is 23.0 Å². The molecule has 1 aromatic rings. The number of benzene rings is 1. The van der Waals surface area contributed by atoms with Gasteiger partial charge in [-0.1, -0.05) is 18.2 Å². The van der Waals surface area contributed by atoms with Crippen LogP contribution in [0.4, 0.5) is 4.79 Å². The lowest BCUT2D eigenvalue weighted by Gasteiger charge is -2.29. The van der Waals surface area contributed by atoms with E-state index in [1.807, 2.05) is 0 Å². The number of carbonyl (C=O) groups is 1. The third-order valence-corrected chi connectivity index (χ3v) is 5.50. The molecule has 0 unspecified atom stereocenters. The van der Waals surface area contributed by atoms with Crippen molar-refractivity contribution in [3.05, 3.63) is 30.3 Å². The highest BCUT2D eigenvalue weighted by Crippen LogP contribution is 2.24. The number of hydrogen-bond acceptors (Lipinski definition) is 3. The molecular formula is C12H15NO4S. The summed E-state index contributed by atoms with van der Waals surface area (Å²) in [6.07, 6.45) is -0.252. The number of piperidine rings is 1. The molecule has 5 nitrogen and oxygen atoms in total. The van der Waals surface area contributed by atoms with Crippen LogP contribution >= 0.6 is 0 Å². The SMILES string of the molecule is O=C(O)N1CCC(S(=O)(=O)c2ccccc2)CC1. The number of carboxylic acid groups (broad SMARTS) is 1. The van der Waals surface area contributed by atoms with Crippen LogP contribution in [-0.2, 0) is 9.84 Å². The highest BCUT2D eigenvalue weighted by Gasteiger charge is 2.32. The van der Waals surface area contributed by atoms with Crippen molar-refractivity contribution in [2.24, 2.45) is 0 Å². The number of nitrogens with zero attached hydrogens (tertiary/aromatic N) is 1. The van der Waals surface area contributed by atoms with Gasteiger partial charge < -0.3 is 10.0 Å². The predicted molar refractivity (Wildman–Crippen MR) is 66.2 cm³/mol. The maximum atomic E-state index is 12.3. The van der Waals surface area contributed by atoms with E-state index in [4.69, 9.17) is 5.11 Å². The van der Waals surface area contributed by atoms with E-state index in [0.717, 1.165) is 0 Å². The predicted octanol–water partition coefficient (Wildman–Crippen LogP) is 1.60. The van der Waals surface area contributed by atoms with Gasteiger partial charge in [0.2, 0.25) is 0 Å². The van der Waals surface area contributed by atoms with Gasteiger partial charge in [0, 0.05) is 13.1 Å². The van der Waals surface area contributed by atoms with Crippen LogP contribution in [0.2, 0.25) is 0 Å². The Morgan fingerprint density at radius 2 is 1.72 bits per heavy atom. The summed E-state index contributed by atoms with van der Waals surface area (Å²) in [4.78, 5) is 12.3. The van der Waals surface area contributed by atoms with Crippen molar-refractivity contribution >= 4 is 15.9 Å². The zero-order chi connectivity index (χ0) is 13.2. The van der Waals surface area contributed by atoms with Crippen molar-refractivity contribution in [3.8, 4) is 0 Å². The van der Waals surface area contributed by atoms with Gasteiger partial charge in [-0.3, -0.25) is 0 Å². The minimum atomic E-state index is -3.33. The molecule has 0 atom stereocenters. The van der Waals surface area contributed by atoms with Crippen LogP contribution in [0.3, 0.4) is 0 Å². The first-order valence-corrected chi connectivity index (χ1v) is 7.33. The third-order valence-electron chi connectivity index (χ3n) is 3.22. The van der Waals surface area contributed by atoms with Gasteiger partial charge in [0.05, 0.1) is 10.1 Å². The maximum Gasteiger partial charge on any atom is 0.407 e. The van der Waals surface area contributed by atoms with Gasteiger partial charge >= 0.3 is 6.09 Å². The van der Waals surface area contributed by atoms with E-state index >= 15 is 0 Å². The fraction of sp³-hybridized carbons (Fsp3) is 0.417. The maximum absolute atomic E-state index is 12.3. The molecule has 1 N–H and O–H groups in total. The van der Waals surface area contributed by atoms with Crippen molar-refractivity contribution in [3.63, 3.8) is 0 Å². The van der Waals surface area contributed by atoms with Gasteiger partial charge in [-0.05, 0) is 25.0 Å². The minimum Gasteiger partial charge on any atom is -0.465 e. The Balaban J connectivity index is 2.12. The fourth-order valence-electron chi connectivity index (χ4n) is 2.16. The standard InChI is InChI=1S/C12H15NO4S/c14-12(15)13-8-6-11(7-9-13)18(16,17)10-4-2-1-3-5-10/h1-5,11H,6-9H2,(H,14,15). The van der Waals surface area contributed by atoms with Crippen molar-refractivity contribution in [2.75, 3.05) is 13.1 Å². The first-order chi connectivity index (χ1) is 8.51. The van der Waals surface area contributed by atoms with E-state index in [-0.39, 0.29) is 13.1 Å². The molecule has 18 heavy (non-hydrogen) atoms. The van der Waals surface area contributed by atoms with E-state index in [0.29, 0.717) is 17.7 Å². The van der Waals surface area contributed by atoms with Gasteiger partial charge in [-0.2, -0.15) is 0 Å². The summed E-state index contributed by atoms with van der Waals surface area (Å²) in [7, 11) is -3.33. The molecule has 0 aromatic heterocycles. The van der Waals surface area contributed by atoms with Crippen LogP contribution in [0.25, 0.3) is 0 Å². The second-order valence-corrected chi connectivity index (χ2v) is 6.56. The van der Waals surface area contributed by atoms with E-state index < -0.39 is 21.2 Å². The van der Waals surface area contributed by atoms with Gasteiger partial charge in [0.15, 0.2) is 9.84 Å². The summed E-state index contributed by atoms with van der Waals surface area (Å²) in [5, 5.41) is 8.34. The normalized spacial score (nSPS) is 17.7. The Labute approximate surface area is 106 Å². The average Bonchev–Trinajstić information content (AvgIpc) is 2.40. The fourth-order valence-corrected chi connectivity index (χ4v) is 3.91. The minimum absolute atomic E-state index is 0.284. The lowest BCUT2D eigenvalue weighted by molar-refractivity contribution is 0.136. The Morgan fingerprint density at radius 3 is 2.22 bits per heavy atom. The van der Waals surface area contributed by atoms with Crippen molar-refractivity contribution in [1.82, 2.24) is 4.90 Å². The van der Waals surface area contributed by atoms with E-state index in [1.54, 1.807) is 30.3 Å². The molecule has 1 aliphatic rings. The number of rotatable bonds is 2. The average molecular weight is 269 g/mol. The highest BCUT2D eigenvalue weighted by atomic mass is 32.2. The molecule has 0 saturated carbocycles. The molecule has 0 aliphatic carbocycles. The second kappa shape index (κ2) is 4.97. The lowest BCUT2D eigenvalue weighted by Crippen LogP contribution is -2.41. The highest BCUT2D eigenvalue weighted by molar-refractivity contribution is 7.92. The molecule has 0 radical (unpaired) electrons. The summed E-state index contributed by atoms with van der Waals surface area (Å²) in [5.74, 6) is 0. The van der Waals surface area contributed by atoms with Gasteiger partial charge in [-0.15, -0.1) is 0 Å². The van der Waals surface area contributed by atoms with Crippen LogP contribution in [0.15, 0.2) is 35.2 Å². The molecular weight excluding hydrogens is 254 g/mol. The van der Waals surface area contributed by atoms with Crippen molar-refractivity contribution < 1.29 is 18.3 Å². The molecule has 1 saturated heterocycles. The largest absolute Gasteiger partial charge is 0.465 e. The molecule has 2 rings (SSSR count). The summed E-state index contributed by atoms with van der Waals surface area (Å²) in [6.45, 7) is 0.568. The number of sulfone groups is 1. The third kappa shape index (κ3) is 2.48. The van der Waals surface area contributed by atoms with Gasteiger partial charge in [0.1, 0.15) is 0 Å². The Morgan fingerprint density at radius 1 is 1.17 bits per heavy atom. The monoisotopic (exact) mass is 269 g/mol. The summed E-state index contributed by atoms with van der Waals surface area (Å²) in [5.41, 5.74) is 0. The number of amides is 1. The molecule has 98 valence electrons. The van der Waals surface area contributed by atoms with Gasteiger partial charge in [-0.25, -0.2) is 13.2 Å². The van der Waals surface area contributed by atoms with Crippen LogP contribution in [0, 0.1) is 0 Å². The molecule has 1 aromatic carbocycles. The summed E-state index contributed by atoms with van der Waals surface area (Å²) < 4.78 is 24.6. The zero-order valence-electron chi connectivity index (χ0n) is 9.82.